The Morgan fingerprint density at radius 2 is 2.06 bits per heavy atom. The third kappa shape index (κ3) is 6.20. The van der Waals surface area contributed by atoms with Crippen LogP contribution in [-0.2, 0) is 9.47 Å². The van der Waals surface area contributed by atoms with Crippen LogP contribution in [0, 0.1) is 0 Å². The van der Waals surface area contributed by atoms with Crippen LogP contribution in [0.15, 0.2) is 11.6 Å². The number of allylic oxidation sites excluding steroid dienone is 1. The molecule has 100 valence electrons. The van der Waals surface area contributed by atoms with Crippen LogP contribution in [-0.4, -0.2) is 40.0 Å². The van der Waals surface area contributed by atoms with E-state index in [1.807, 2.05) is 7.05 Å². The molecule has 0 saturated heterocycles. The molecule has 0 radical (unpaired) electrons. The maximum atomic E-state index is 5.62. The van der Waals surface area contributed by atoms with E-state index in [1.54, 1.807) is 7.11 Å². The molecule has 3 nitrogen and oxygen atoms in total. The second-order valence-corrected chi connectivity index (χ2v) is 4.64. The van der Waals surface area contributed by atoms with Gasteiger partial charge in [0.2, 0.25) is 0 Å². The molecular formula is C14H27NO2. The van der Waals surface area contributed by atoms with Crippen LogP contribution in [0.5, 0.6) is 0 Å². The van der Waals surface area contributed by atoms with Crippen LogP contribution in [0.2, 0.25) is 0 Å². The van der Waals surface area contributed by atoms with E-state index in [2.05, 4.69) is 11.4 Å². The molecule has 0 aromatic rings. The Morgan fingerprint density at radius 1 is 1.24 bits per heavy atom. The first-order chi connectivity index (χ1) is 8.38. The Kier molecular flexibility index (Phi) is 8.32. The molecule has 0 aliphatic heterocycles. The second kappa shape index (κ2) is 9.63. The van der Waals surface area contributed by atoms with E-state index < -0.39 is 0 Å². The summed E-state index contributed by atoms with van der Waals surface area (Å²) in [5.41, 5.74) is 1.53. The van der Waals surface area contributed by atoms with Crippen molar-refractivity contribution in [3.8, 4) is 0 Å². The molecule has 17 heavy (non-hydrogen) atoms. The molecule has 0 amide bonds. The molecule has 1 atom stereocenters. The van der Waals surface area contributed by atoms with Crippen molar-refractivity contribution in [2.75, 3.05) is 34.0 Å². The number of hydrogen-bond acceptors (Lipinski definition) is 3. The van der Waals surface area contributed by atoms with E-state index in [0.717, 1.165) is 6.61 Å². The molecule has 0 fully saturated rings. The zero-order chi connectivity index (χ0) is 12.3. The zero-order valence-electron chi connectivity index (χ0n) is 11.3. The molecule has 0 aromatic heterocycles. The lowest BCUT2D eigenvalue weighted by Crippen LogP contribution is -2.33. The van der Waals surface area contributed by atoms with E-state index in [4.69, 9.17) is 9.47 Å². The molecule has 1 aliphatic rings. The van der Waals surface area contributed by atoms with Crippen LogP contribution >= 0.6 is 0 Å². The monoisotopic (exact) mass is 241 g/mol. The Bertz CT molecular complexity index is 216. The van der Waals surface area contributed by atoms with E-state index >= 15 is 0 Å². The fourth-order valence-electron chi connectivity index (χ4n) is 2.25. The fourth-order valence-corrected chi connectivity index (χ4v) is 2.25. The number of likely N-dealkylation sites (N-methyl/N-ethyl adjacent to an activating group) is 1. The molecule has 1 aliphatic carbocycles. The van der Waals surface area contributed by atoms with Crippen LogP contribution in [0.25, 0.3) is 0 Å². The number of hydrogen-bond donors (Lipinski definition) is 1. The summed E-state index contributed by atoms with van der Waals surface area (Å²) >= 11 is 0. The molecule has 3 heteroatoms. The van der Waals surface area contributed by atoms with Crippen LogP contribution in [0.1, 0.15) is 38.5 Å². The van der Waals surface area contributed by atoms with Gasteiger partial charge in [-0.1, -0.05) is 24.5 Å². The number of nitrogens with one attached hydrogen (secondary N) is 1. The van der Waals surface area contributed by atoms with E-state index in [1.165, 1.54) is 44.1 Å². The highest BCUT2D eigenvalue weighted by Gasteiger charge is 2.13. The molecule has 0 aromatic carbocycles. The summed E-state index contributed by atoms with van der Waals surface area (Å²) in [6.45, 7) is 2.11. The van der Waals surface area contributed by atoms with Gasteiger partial charge in [0.15, 0.2) is 0 Å². The largest absolute Gasteiger partial charge is 0.382 e. The maximum absolute atomic E-state index is 5.62. The average molecular weight is 241 g/mol. The SMILES string of the molecule is CNC(COCCOC)C1=CCCCCCC1. The van der Waals surface area contributed by atoms with E-state index in [-0.39, 0.29) is 0 Å². The third-order valence-electron chi connectivity index (χ3n) is 3.34. The Hall–Kier alpha value is -0.380. The first-order valence-electron chi connectivity index (χ1n) is 6.81. The summed E-state index contributed by atoms with van der Waals surface area (Å²) in [7, 11) is 3.72. The summed E-state index contributed by atoms with van der Waals surface area (Å²) in [4.78, 5) is 0. The molecule has 0 heterocycles. The fraction of sp³-hybridized carbons (Fsp3) is 0.857. The molecular weight excluding hydrogens is 214 g/mol. The minimum atomic E-state index is 0.380. The maximum Gasteiger partial charge on any atom is 0.0701 e. The smallest absolute Gasteiger partial charge is 0.0701 e. The molecule has 0 spiro atoms. The summed E-state index contributed by atoms with van der Waals surface area (Å²) in [5, 5.41) is 3.36. The highest BCUT2D eigenvalue weighted by molar-refractivity contribution is 5.11. The van der Waals surface area contributed by atoms with Crippen molar-refractivity contribution in [2.45, 2.75) is 44.6 Å². The molecule has 0 saturated carbocycles. The first kappa shape index (κ1) is 14.7. The number of rotatable bonds is 7. The normalized spacial score (nSPS) is 19.3. The summed E-state index contributed by atoms with van der Waals surface area (Å²) in [5.74, 6) is 0. The van der Waals surface area contributed by atoms with E-state index in [9.17, 15) is 0 Å². The van der Waals surface area contributed by atoms with Gasteiger partial charge >= 0.3 is 0 Å². The van der Waals surface area contributed by atoms with Crippen LogP contribution < -0.4 is 5.32 Å². The van der Waals surface area contributed by atoms with Crippen molar-refractivity contribution in [2.24, 2.45) is 0 Å². The lowest BCUT2D eigenvalue weighted by atomic mass is 9.95. The van der Waals surface area contributed by atoms with E-state index in [0.29, 0.717) is 19.3 Å². The Labute approximate surface area is 106 Å². The van der Waals surface area contributed by atoms with Gasteiger partial charge in [0.25, 0.3) is 0 Å². The zero-order valence-corrected chi connectivity index (χ0v) is 11.3. The highest BCUT2D eigenvalue weighted by atomic mass is 16.5. The predicted molar refractivity (Wildman–Crippen MR) is 71.3 cm³/mol. The van der Waals surface area contributed by atoms with Crippen molar-refractivity contribution in [3.63, 3.8) is 0 Å². The van der Waals surface area contributed by atoms with Gasteiger partial charge in [-0.15, -0.1) is 0 Å². The van der Waals surface area contributed by atoms with Gasteiger partial charge < -0.3 is 14.8 Å². The minimum absolute atomic E-state index is 0.380. The summed E-state index contributed by atoms with van der Waals surface area (Å²) in [6.07, 6.45) is 10.3. The van der Waals surface area contributed by atoms with Crippen molar-refractivity contribution in [3.05, 3.63) is 11.6 Å². The van der Waals surface area contributed by atoms with Gasteiger partial charge in [0, 0.05) is 7.11 Å². The standard InChI is InChI=1S/C14H27NO2/c1-15-14(12-17-11-10-16-2)13-8-6-4-3-5-7-9-13/h8,14-15H,3-7,9-12H2,1-2H3. The van der Waals surface area contributed by atoms with Gasteiger partial charge in [-0.3, -0.25) is 0 Å². The van der Waals surface area contributed by atoms with Crippen LogP contribution in [0.4, 0.5) is 0 Å². The van der Waals surface area contributed by atoms with Crippen molar-refractivity contribution < 1.29 is 9.47 Å². The topological polar surface area (TPSA) is 30.5 Å². The first-order valence-corrected chi connectivity index (χ1v) is 6.81. The molecule has 0 bridgehead atoms. The van der Waals surface area contributed by atoms with Gasteiger partial charge in [-0.2, -0.15) is 0 Å². The molecule has 1 N–H and O–H groups in total. The summed E-state index contributed by atoms with van der Waals surface area (Å²) in [6, 6.07) is 0.380. The number of methoxy groups -OCH3 is 1. The minimum Gasteiger partial charge on any atom is -0.382 e. The molecule has 1 rings (SSSR count). The quantitative estimate of drug-likeness (QED) is 0.549. The van der Waals surface area contributed by atoms with Gasteiger partial charge in [-0.25, -0.2) is 0 Å². The van der Waals surface area contributed by atoms with Gasteiger partial charge in [0.1, 0.15) is 0 Å². The second-order valence-electron chi connectivity index (χ2n) is 4.64. The number of ether oxygens (including phenoxy) is 2. The third-order valence-corrected chi connectivity index (χ3v) is 3.34. The van der Waals surface area contributed by atoms with Crippen molar-refractivity contribution in [1.29, 1.82) is 0 Å². The lowest BCUT2D eigenvalue weighted by Gasteiger charge is -2.21. The van der Waals surface area contributed by atoms with Gasteiger partial charge in [-0.05, 0) is 32.7 Å². The van der Waals surface area contributed by atoms with Gasteiger partial charge in [0.05, 0.1) is 25.9 Å². The predicted octanol–water partition coefficient (Wildman–Crippen LogP) is 2.52. The average Bonchev–Trinajstić information content (AvgIpc) is 2.30. The lowest BCUT2D eigenvalue weighted by molar-refractivity contribution is 0.0635. The summed E-state index contributed by atoms with van der Waals surface area (Å²) < 4.78 is 10.6. The Balaban J connectivity index is 2.35. The Morgan fingerprint density at radius 3 is 2.82 bits per heavy atom. The molecule has 1 unspecified atom stereocenters. The van der Waals surface area contributed by atoms with Crippen molar-refractivity contribution >= 4 is 0 Å². The van der Waals surface area contributed by atoms with Crippen molar-refractivity contribution in [1.82, 2.24) is 5.32 Å². The highest BCUT2D eigenvalue weighted by Crippen LogP contribution is 2.19. The van der Waals surface area contributed by atoms with Crippen LogP contribution in [0.3, 0.4) is 0 Å².